The highest BCUT2D eigenvalue weighted by molar-refractivity contribution is 6.23. The Bertz CT molecular complexity index is 2150. The van der Waals surface area contributed by atoms with Crippen LogP contribution < -0.4 is 20.3 Å². The summed E-state index contributed by atoms with van der Waals surface area (Å²) in [4.78, 5) is 56.5. The number of nitrogens with one attached hydrogen (secondary N) is 2. The molecule has 4 aliphatic heterocycles. The molecule has 10 nitrogen and oxygen atoms in total. The van der Waals surface area contributed by atoms with Gasteiger partial charge in [-0.2, -0.15) is 0 Å². The van der Waals surface area contributed by atoms with E-state index in [0.29, 0.717) is 29.7 Å². The van der Waals surface area contributed by atoms with Gasteiger partial charge in [-0.15, -0.1) is 0 Å². The summed E-state index contributed by atoms with van der Waals surface area (Å²) in [5.74, 6) is -0.398. The van der Waals surface area contributed by atoms with Crippen LogP contribution in [0.4, 0.5) is 5.69 Å². The predicted octanol–water partition coefficient (Wildman–Crippen LogP) is 6.81. The lowest BCUT2D eigenvalue weighted by atomic mass is 9.88. The normalized spacial score (nSPS) is 20.8. The molecule has 4 aromatic rings. The Kier molecular flexibility index (Phi) is 12.1. The van der Waals surface area contributed by atoms with Crippen molar-refractivity contribution in [3.63, 3.8) is 0 Å². The summed E-state index contributed by atoms with van der Waals surface area (Å²) in [6.07, 6.45) is 5.61. The number of allylic oxidation sites excluding steroid dienone is 1. The molecule has 300 valence electrons. The fourth-order valence-electron chi connectivity index (χ4n) is 9.08. The van der Waals surface area contributed by atoms with Gasteiger partial charge in [-0.25, -0.2) is 0 Å². The number of nitrogens with zero attached hydrogens (tertiary/aromatic N) is 3. The van der Waals surface area contributed by atoms with Crippen molar-refractivity contribution < 1.29 is 23.9 Å². The summed E-state index contributed by atoms with van der Waals surface area (Å²) < 4.78 is 6.26. The molecule has 2 N–H and O–H groups in total. The molecule has 3 saturated heterocycles. The van der Waals surface area contributed by atoms with Crippen molar-refractivity contribution in [2.45, 2.75) is 64.0 Å². The number of fused-ring (bicyclic) bond motifs is 1. The maximum Gasteiger partial charge on any atom is 0.262 e. The van der Waals surface area contributed by atoms with Crippen LogP contribution in [0.25, 0.3) is 11.1 Å². The zero-order valence-corrected chi connectivity index (χ0v) is 33.3. The van der Waals surface area contributed by atoms with Crippen LogP contribution in [0.2, 0.25) is 0 Å². The third kappa shape index (κ3) is 8.63. The Morgan fingerprint density at radius 2 is 1.45 bits per heavy atom. The molecule has 0 radical (unpaired) electrons. The molecule has 58 heavy (non-hydrogen) atoms. The van der Waals surface area contributed by atoms with Crippen molar-refractivity contribution in [2.24, 2.45) is 5.92 Å². The lowest BCUT2D eigenvalue weighted by molar-refractivity contribution is -0.136. The third-order valence-corrected chi connectivity index (χ3v) is 12.3. The van der Waals surface area contributed by atoms with E-state index in [-0.39, 0.29) is 18.7 Å². The van der Waals surface area contributed by atoms with Crippen molar-refractivity contribution in [3.05, 3.63) is 131 Å². The van der Waals surface area contributed by atoms with Crippen LogP contribution in [-0.4, -0.2) is 91.4 Å². The van der Waals surface area contributed by atoms with E-state index < -0.39 is 23.8 Å². The van der Waals surface area contributed by atoms with Crippen LogP contribution in [0.1, 0.15) is 89.3 Å². The number of likely N-dealkylation sites (tertiary alicyclic amines) is 1. The van der Waals surface area contributed by atoms with E-state index in [9.17, 15) is 19.2 Å². The number of ether oxygens (including phenoxy) is 1. The van der Waals surface area contributed by atoms with Gasteiger partial charge in [-0.1, -0.05) is 79.7 Å². The first kappa shape index (κ1) is 39.3. The maximum absolute atomic E-state index is 13.4. The minimum absolute atomic E-state index is 0.104. The van der Waals surface area contributed by atoms with Crippen LogP contribution >= 0.6 is 0 Å². The number of hydrogen-bond acceptors (Lipinski definition) is 8. The summed E-state index contributed by atoms with van der Waals surface area (Å²) >= 11 is 0. The minimum atomic E-state index is -0.960. The van der Waals surface area contributed by atoms with Gasteiger partial charge in [0.25, 0.3) is 11.8 Å². The smallest absolute Gasteiger partial charge is 0.262 e. The van der Waals surface area contributed by atoms with E-state index in [0.717, 1.165) is 87.7 Å². The molecular formula is C48H53N5O5. The van der Waals surface area contributed by atoms with Crippen molar-refractivity contribution in [1.82, 2.24) is 20.4 Å². The van der Waals surface area contributed by atoms with Crippen molar-refractivity contribution in [2.75, 3.05) is 50.8 Å². The van der Waals surface area contributed by atoms with E-state index in [1.54, 1.807) is 12.1 Å². The summed E-state index contributed by atoms with van der Waals surface area (Å²) in [6, 6.07) is 34.7. The summed E-state index contributed by atoms with van der Waals surface area (Å²) in [6.45, 7) is 8.60. The molecule has 2 atom stereocenters. The van der Waals surface area contributed by atoms with Crippen LogP contribution in [0.5, 0.6) is 5.75 Å². The first-order valence-corrected chi connectivity index (χ1v) is 21.0. The first-order valence-electron chi connectivity index (χ1n) is 21.0. The largest absolute Gasteiger partial charge is 0.492 e. The van der Waals surface area contributed by atoms with Gasteiger partial charge in [0.15, 0.2) is 0 Å². The van der Waals surface area contributed by atoms with Crippen molar-refractivity contribution in [3.8, 4) is 5.75 Å². The Morgan fingerprint density at radius 3 is 2.16 bits per heavy atom. The highest BCUT2D eigenvalue weighted by Crippen LogP contribution is 2.35. The van der Waals surface area contributed by atoms with Gasteiger partial charge in [0.1, 0.15) is 18.4 Å². The molecule has 0 spiro atoms. The highest BCUT2D eigenvalue weighted by Gasteiger charge is 2.45. The molecule has 0 saturated carbocycles. The minimum Gasteiger partial charge on any atom is -0.492 e. The number of piperidine rings is 3. The van der Waals surface area contributed by atoms with Gasteiger partial charge in [-0.3, -0.25) is 34.3 Å². The van der Waals surface area contributed by atoms with Crippen molar-refractivity contribution in [1.29, 1.82) is 0 Å². The molecular weight excluding hydrogens is 727 g/mol. The quantitative estimate of drug-likeness (QED) is 0.113. The van der Waals surface area contributed by atoms with Gasteiger partial charge in [0.2, 0.25) is 11.8 Å². The topological polar surface area (TPSA) is 111 Å². The number of rotatable bonds is 13. The van der Waals surface area contributed by atoms with Gasteiger partial charge >= 0.3 is 0 Å². The van der Waals surface area contributed by atoms with Crippen LogP contribution in [0, 0.1) is 5.92 Å². The van der Waals surface area contributed by atoms with E-state index in [2.05, 4.69) is 112 Å². The second-order valence-corrected chi connectivity index (χ2v) is 16.0. The molecule has 4 aromatic carbocycles. The summed E-state index contributed by atoms with van der Waals surface area (Å²) in [7, 11) is 0. The van der Waals surface area contributed by atoms with E-state index >= 15 is 0 Å². The number of carbonyl (C=O) groups is 4. The average molecular weight is 780 g/mol. The number of anilines is 1. The lowest BCUT2D eigenvalue weighted by Gasteiger charge is -2.37. The SMILES string of the molecule is CCC(=C(c1ccccc1)c1ccc(OCCN2CCC(CN[C@H]3CCCN(c4ccc5c(c4)C(=O)N(C4CCC(=O)NC4=O)C5=O)C3)CC2)cc1)c1ccccc1. The van der Waals surface area contributed by atoms with Crippen molar-refractivity contribution >= 4 is 40.5 Å². The molecule has 0 bridgehead atoms. The molecule has 0 aliphatic carbocycles. The zero-order valence-electron chi connectivity index (χ0n) is 33.3. The van der Waals surface area contributed by atoms with Crippen LogP contribution in [0.3, 0.4) is 0 Å². The Hall–Kier alpha value is -5.58. The molecule has 8 rings (SSSR count). The second-order valence-electron chi connectivity index (χ2n) is 16.0. The molecule has 4 aliphatic rings. The van der Waals surface area contributed by atoms with Gasteiger partial charge in [-0.05, 0) is 122 Å². The second kappa shape index (κ2) is 17.9. The highest BCUT2D eigenvalue weighted by atomic mass is 16.5. The molecule has 1 unspecified atom stereocenters. The first-order chi connectivity index (χ1) is 28.4. The average Bonchev–Trinajstić information content (AvgIpc) is 3.51. The number of amides is 4. The van der Waals surface area contributed by atoms with Gasteiger partial charge < -0.3 is 15.0 Å². The maximum atomic E-state index is 13.4. The summed E-state index contributed by atoms with van der Waals surface area (Å²) in [5.41, 5.74) is 7.79. The molecule has 4 heterocycles. The monoisotopic (exact) mass is 779 g/mol. The zero-order chi connectivity index (χ0) is 40.0. The molecule has 0 aromatic heterocycles. The number of imide groups is 2. The Morgan fingerprint density at radius 1 is 0.759 bits per heavy atom. The predicted molar refractivity (Wildman–Crippen MR) is 227 cm³/mol. The van der Waals surface area contributed by atoms with Crippen LogP contribution in [0.15, 0.2) is 103 Å². The van der Waals surface area contributed by atoms with Gasteiger partial charge in [0, 0.05) is 37.8 Å². The number of carbonyl (C=O) groups excluding carboxylic acids is 4. The summed E-state index contributed by atoms with van der Waals surface area (Å²) in [5, 5.41) is 6.11. The fraction of sp³-hybridized carbons (Fsp3) is 0.375. The number of hydrogen-bond donors (Lipinski definition) is 2. The van der Waals surface area contributed by atoms with E-state index in [1.807, 2.05) is 6.07 Å². The van der Waals surface area contributed by atoms with E-state index in [1.165, 1.54) is 27.8 Å². The standard InChI is InChI=1S/C48H53N5O5/c1-2-40(34-10-5-3-6-11-34)45(35-12-7-4-8-13-35)36-15-18-39(19-16-36)58-29-28-51-26-23-33(24-27-51)31-49-37-14-9-25-52(32-37)38-17-20-41-42(30-38)48(57)53(47(41)56)43-21-22-44(54)50-46(43)55/h3-8,10-13,15-20,30,33,37,43,49H,2,9,14,21-29,31-32H2,1H3,(H,50,54,55)/t37-,43?/m0/s1. The molecule has 3 fully saturated rings. The van der Waals surface area contributed by atoms with E-state index in [4.69, 9.17) is 4.74 Å². The molecule has 10 heteroatoms. The number of benzene rings is 4. The third-order valence-electron chi connectivity index (χ3n) is 12.3. The Labute approximate surface area is 341 Å². The molecule has 4 amide bonds. The lowest BCUT2D eigenvalue weighted by Crippen LogP contribution is -2.54. The Balaban J connectivity index is 0.790. The fourth-order valence-corrected chi connectivity index (χ4v) is 9.08. The van der Waals surface area contributed by atoms with Crippen LogP contribution in [-0.2, 0) is 9.59 Å². The van der Waals surface area contributed by atoms with Gasteiger partial charge in [0.05, 0.1) is 11.1 Å².